The Kier molecular flexibility index (Phi) is 6.66. The zero-order valence-corrected chi connectivity index (χ0v) is 20.0. The second-order valence-corrected chi connectivity index (χ2v) is 9.15. The number of nitro groups is 1. The maximum atomic E-state index is 12.7. The molecule has 1 fully saturated rings. The lowest BCUT2D eigenvalue weighted by Crippen LogP contribution is -2.36. The highest BCUT2D eigenvalue weighted by Crippen LogP contribution is 2.35. The number of carbonyl (C=O) groups excluding carboxylic acids is 3. The summed E-state index contributed by atoms with van der Waals surface area (Å²) in [4.78, 5) is 48.8. The van der Waals surface area contributed by atoms with Crippen LogP contribution in [0.4, 0.5) is 16.2 Å². The Morgan fingerprint density at radius 1 is 1.18 bits per heavy atom. The summed E-state index contributed by atoms with van der Waals surface area (Å²) in [5, 5.41) is 13.0. The topological polar surface area (TPSA) is 123 Å². The van der Waals surface area contributed by atoms with Crippen molar-refractivity contribution in [3.8, 4) is 11.3 Å². The molecule has 172 valence electrons. The Hall–Kier alpha value is -3.70. The average molecular weight is 542 g/mol. The Bertz CT molecular complexity index is 1350. The number of anilines is 1. The van der Waals surface area contributed by atoms with Gasteiger partial charge in [-0.1, -0.05) is 17.7 Å². The van der Waals surface area contributed by atoms with Crippen LogP contribution in [-0.4, -0.2) is 33.4 Å². The van der Waals surface area contributed by atoms with Crippen LogP contribution >= 0.6 is 27.7 Å². The Labute approximate surface area is 206 Å². The van der Waals surface area contributed by atoms with Gasteiger partial charge >= 0.3 is 0 Å². The molecule has 1 saturated heterocycles. The van der Waals surface area contributed by atoms with Crippen molar-refractivity contribution in [3.63, 3.8) is 0 Å². The van der Waals surface area contributed by atoms with Crippen LogP contribution in [0, 0.1) is 17.0 Å². The van der Waals surface area contributed by atoms with Crippen molar-refractivity contribution >= 4 is 62.2 Å². The minimum absolute atomic E-state index is 0.0671. The number of benzene rings is 2. The highest BCUT2D eigenvalue weighted by atomic mass is 79.9. The molecular formula is C23H16BrN3O6S. The first-order chi connectivity index (χ1) is 16.2. The molecule has 9 nitrogen and oxygen atoms in total. The number of nitro benzene ring substituents is 1. The molecule has 3 amide bonds. The molecule has 0 unspecified atom stereocenters. The van der Waals surface area contributed by atoms with Crippen LogP contribution in [0.5, 0.6) is 0 Å². The lowest BCUT2D eigenvalue weighted by Gasteiger charge is -2.12. The number of carbonyl (C=O) groups is 3. The standard InChI is InChI=1S/C23H16BrN3O6S/c1-13-2-4-14(5-3-13)25-21(28)12-26-22(29)20(34-23(26)30)11-16-7-9-19(33-16)17-8-6-15(27(31)32)10-18(17)24/h2-11H,12H2,1H3,(H,25,28)/b20-11+. The van der Waals surface area contributed by atoms with E-state index < -0.39 is 28.5 Å². The first-order valence-corrected chi connectivity index (χ1v) is 11.5. The van der Waals surface area contributed by atoms with E-state index in [0.717, 1.165) is 10.5 Å². The van der Waals surface area contributed by atoms with Crippen LogP contribution in [0.2, 0.25) is 0 Å². The smallest absolute Gasteiger partial charge is 0.294 e. The van der Waals surface area contributed by atoms with Crippen LogP contribution in [0.15, 0.2) is 68.4 Å². The molecule has 0 aliphatic carbocycles. The van der Waals surface area contributed by atoms with Crippen molar-refractivity contribution < 1.29 is 23.7 Å². The number of furan rings is 1. The number of rotatable bonds is 6. The molecule has 0 radical (unpaired) electrons. The number of non-ortho nitro benzene ring substituents is 1. The predicted octanol–water partition coefficient (Wildman–Crippen LogP) is 5.60. The fourth-order valence-electron chi connectivity index (χ4n) is 3.14. The van der Waals surface area contributed by atoms with E-state index in [-0.39, 0.29) is 10.6 Å². The van der Waals surface area contributed by atoms with Gasteiger partial charge in [-0.05, 0) is 64.9 Å². The number of nitrogens with zero attached hydrogens (tertiary/aromatic N) is 2. The molecule has 1 aliphatic heterocycles. The largest absolute Gasteiger partial charge is 0.457 e. The van der Waals surface area contributed by atoms with Crippen LogP contribution in [0.25, 0.3) is 17.4 Å². The second kappa shape index (κ2) is 9.65. The summed E-state index contributed by atoms with van der Waals surface area (Å²) in [7, 11) is 0. The molecule has 34 heavy (non-hydrogen) atoms. The molecule has 2 aromatic carbocycles. The van der Waals surface area contributed by atoms with Gasteiger partial charge in [0.2, 0.25) is 5.91 Å². The van der Waals surface area contributed by atoms with Crippen molar-refractivity contribution in [2.75, 3.05) is 11.9 Å². The van der Waals surface area contributed by atoms with E-state index in [1.807, 2.05) is 19.1 Å². The maximum Gasteiger partial charge on any atom is 0.294 e. The summed E-state index contributed by atoms with van der Waals surface area (Å²) < 4.78 is 6.23. The Balaban J connectivity index is 1.46. The van der Waals surface area contributed by atoms with Gasteiger partial charge in [-0.2, -0.15) is 0 Å². The van der Waals surface area contributed by atoms with Crippen LogP contribution in [-0.2, 0) is 9.59 Å². The number of thioether (sulfide) groups is 1. The first kappa shape index (κ1) is 23.5. The molecule has 1 N–H and O–H groups in total. The molecule has 2 heterocycles. The molecule has 3 aromatic rings. The highest BCUT2D eigenvalue weighted by Gasteiger charge is 2.36. The molecule has 0 bridgehead atoms. The minimum Gasteiger partial charge on any atom is -0.457 e. The van der Waals surface area contributed by atoms with Gasteiger partial charge in [0.05, 0.1) is 9.83 Å². The lowest BCUT2D eigenvalue weighted by atomic mass is 10.1. The highest BCUT2D eigenvalue weighted by molar-refractivity contribution is 9.10. The molecule has 1 aromatic heterocycles. The number of hydrogen-bond donors (Lipinski definition) is 1. The summed E-state index contributed by atoms with van der Waals surface area (Å²) >= 11 is 4.01. The zero-order chi connectivity index (χ0) is 24.4. The van der Waals surface area contributed by atoms with Crippen molar-refractivity contribution in [3.05, 3.63) is 85.4 Å². The lowest BCUT2D eigenvalue weighted by molar-refractivity contribution is -0.384. The first-order valence-electron chi connectivity index (χ1n) is 9.87. The van der Waals surface area contributed by atoms with Gasteiger partial charge in [0, 0.05) is 33.9 Å². The second-order valence-electron chi connectivity index (χ2n) is 7.31. The molecule has 0 atom stereocenters. The summed E-state index contributed by atoms with van der Waals surface area (Å²) in [5.41, 5.74) is 2.13. The van der Waals surface area contributed by atoms with Gasteiger partial charge in [-0.15, -0.1) is 0 Å². The maximum absolute atomic E-state index is 12.7. The third-order valence-electron chi connectivity index (χ3n) is 4.84. The number of aryl methyl sites for hydroxylation is 1. The van der Waals surface area contributed by atoms with E-state index in [9.17, 15) is 24.5 Å². The molecule has 0 spiro atoms. The van der Waals surface area contributed by atoms with E-state index in [4.69, 9.17) is 4.42 Å². The number of halogens is 1. The summed E-state index contributed by atoms with van der Waals surface area (Å²) in [6.45, 7) is 1.51. The fourth-order valence-corrected chi connectivity index (χ4v) is 4.52. The van der Waals surface area contributed by atoms with Gasteiger partial charge in [0.25, 0.3) is 16.8 Å². The van der Waals surface area contributed by atoms with E-state index >= 15 is 0 Å². The molecular weight excluding hydrogens is 526 g/mol. The molecule has 0 saturated carbocycles. The third kappa shape index (κ3) is 5.10. The third-order valence-corrected chi connectivity index (χ3v) is 6.40. The van der Waals surface area contributed by atoms with Crippen LogP contribution in [0.3, 0.4) is 0 Å². The summed E-state index contributed by atoms with van der Waals surface area (Å²) in [6, 6.07) is 14.7. The Morgan fingerprint density at radius 3 is 2.59 bits per heavy atom. The monoisotopic (exact) mass is 541 g/mol. The normalized spacial score (nSPS) is 14.6. The SMILES string of the molecule is Cc1ccc(NC(=O)CN2C(=O)S/C(=C/c3ccc(-c4ccc([N+](=O)[O-])cc4Br)o3)C2=O)cc1. The van der Waals surface area contributed by atoms with Gasteiger partial charge < -0.3 is 9.73 Å². The van der Waals surface area contributed by atoms with Gasteiger partial charge in [0.15, 0.2) is 0 Å². The quantitative estimate of drug-likeness (QED) is 0.244. The van der Waals surface area contributed by atoms with Crippen LogP contribution < -0.4 is 5.32 Å². The number of imide groups is 1. The predicted molar refractivity (Wildman–Crippen MR) is 131 cm³/mol. The fraction of sp³-hybridized carbons (Fsp3) is 0.0870. The van der Waals surface area contributed by atoms with E-state index in [1.165, 1.54) is 18.2 Å². The molecule has 4 rings (SSSR count). The van der Waals surface area contributed by atoms with Crippen molar-refractivity contribution in [2.45, 2.75) is 6.92 Å². The zero-order valence-electron chi connectivity index (χ0n) is 17.6. The van der Waals surface area contributed by atoms with Crippen molar-refractivity contribution in [1.82, 2.24) is 4.90 Å². The van der Waals surface area contributed by atoms with Gasteiger partial charge in [-0.3, -0.25) is 29.4 Å². The number of amides is 3. The van der Waals surface area contributed by atoms with Crippen molar-refractivity contribution in [1.29, 1.82) is 0 Å². The van der Waals surface area contributed by atoms with Crippen molar-refractivity contribution in [2.24, 2.45) is 0 Å². The molecule has 1 aliphatic rings. The number of nitrogens with one attached hydrogen (secondary N) is 1. The van der Waals surface area contributed by atoms with E-state index in [0.29, 0.717) is 39.0 Å². The van der Waals surface area contributed by atoms with E-state index in [2.05, 4.69) is 21.2 Å². The average Bonchev–Trinajstić information content (AvgIpc) is 3.35. The van der Waals surface area contributed by atoms with Gasteiger partial charge in [0.1, 0.15) is 18.1 Å². The Morgan fingerprint density at radius 2 is 1.91 bits per heavy atom. The van der Waals surface area contributed by atoms with Gasteiger partial charge in [-0.25, -0.2) is 0 Å². The molecule has 11 heteroatoms. The van der Waals surface area contributed by atoms with E-state index in [1.54, 1.807) is 30.3 Å². The summed E-state index contributed by atoms with van der Waals surface area (Å²) in [6.07, 6.45) is 1.42. The summed E-state index contributed by atoms with van der Waals surface area (Å²) in [5.74, 6) is -0.348. The van der Waals surface area contributed by atoms with Crippen LogP contribution in [0.1, 0.15) is 11.3 Å². The number of hydrogen-bond acceptors (Lipinski definition) is 7. The minimum atomic E-state index is -0.594.